The number of carboxylic acid groups (broad SMARTS) is 1. The summed E-state index contributed by atoms with van der Waals surface area (Å²) < 4.78 is 32.7. The summed E-state index contributed by atoms with van der Waals surface area (Å²) in [4.78, 5) is 14.3. The molecular formula is C13H18N2O5S. The lowest BCUT2D eigenvalue weighted by molar-refractivity contribution is 0.0690. The van der Waals surface area contributed by atoms with E-state index in [9.17, 15) is 13.2 Å². The second-order valence-corrected chi connectivity index (χ2v) is 6.59. The van der Waals surface area contributed by atoms with Crippen LogP contribution in [0.15, 0.2) is 23.2 Å². The molecule has 1 aromatic heterocycles. The number of hydrogen-bond acceptors (Lipinski definition) is 5. The molecule has 0 spiro atoms. The van der Waals surface area contributed by atoms with Crippen molar-refractivity contribution in [2.75, 3.05) is 6.61 Å². The van der Waals surface area contributed by atoms with Crippen molar-refractivity contribution in [1.82, 2.24) is 9.71 Å². The highest BCUT2D eigenvalue weighted by molar-refractivity contribution is 7.89. The van der Waals surface area contributed by atoms with Gasteiger partial charge in [0.1, 0.15) is 10.6 Å². The number of sulfonamides is 1. The number of rotatable bonds is 6. The fourth-order valence-electron chi connectivity index (χ4n) is 2.28. The molecule has 0 aliphatic carbocycles. The van der Waals surface area contributed by atoms with Gasteiger partial charge in [-0.3, -0.25) is 0 Å². The van der Waals surface area contributed by atoms with Crippen LogP contribution in [0, 0.1) is 0 Å². The molecule has 2 atom stereocenters. The van der Waals surface area contributed by atoms with Crippen LogP contribution in [0.1, 0.15) is 36.7 Å². The van der Waals surface area contributed by atoms with Crippen LogP contribution in [0.25, 0.3) is 0 Å². The second-order valence-electron chi connectivity index (χ2n) is 4.87. The van der Waals surface area contributed by atoms with E-state index in [1.807, 2.05) is 6.92 Å². The molecule has 0 bridgehead atoms. The number of ether oxygens (including phenoxy) is 1. The van der Waals surface area contributed by atoms with E-state index < -0.39 is 16.0 Å². The van der Waals surface area contributed by atoms with E-state index in [-0.39, 0.29) is 22.7 Å². The summed E-state index contributed by atoms with van der Waals surface area (Å²) in [6, 6.07) is 2.11. The quantitative estimate of drug-likeness (QED) is 0.812. The molecule has 0 amide bonds. The Morgan fingerprint density at radius 2 is 2.33 bits per heavy atom. The molecule has 0 aromatic carbocycles. The van der Waals surface area contributed by atoms with E-state index in [2.05, 4.69) is 9.71 Å². The monoisotopic (exact) mass is 314 g/mol. The molecule has 0 saturated carbocycles. The predicted molar refractivity (Wildman–Crippen MR) is 74.6 cm³/mol. The molecule has 1 aromatic rings. The minimum Gasteiger partial charge on any atom is -0.477 e. The highest BCUT2D eigenvalue weighted by Gasteiger charge is 2.29. The first-order chi connectivity index (χ1) is 9.94. The molecule has 7 nitrogen and oxygen atoms in total. The predicted octanol–water partition coefficient (Wildman–Crippen LogP) is 1.02. The van der Waals surface area contributed by atoms with Crippen LogP contribution in [0.2, 0.25) is 0 Å². The van der Waals surface area contributed by atoms with Crippen molar-refractivity contribution in [2.45, 2.75) is 43.2 Å². The van der Waals surface area contributed by atoms with Gasteiger partial charge in [0.25, 0.3) is 0 Å². The third-order valence-electron chi connectivity index (χ3n) is 3.43. The van der Waals surface area contributed by atoms with E-state index in [1.54, 1.807) is 0 Å². The second kappa shape index (κ2) is 6.50. The number of nitrogens with one attached hydrogen (secondary N) is 1. The number of aromatic nitrogens is 1. The van der Waals surface area contributed by atoms with Crippen molar-refractivity contribution in [3.05, 3.63) is 24.0 Å². The van der Waals surface area contributed by atoms with Gasteiger partial charge >= 0.3 is 5.97 Å². The minimum atomic E-state index is -3.74. The molecular weight excluding hydrogens is 296 g/mol. The third-order valence-corrected chi connectivity index (χ3v) is 4.90. The van der Waals surface area contributed by atoms with Crippen molar-refractivity contribution >= 4 is 16.0 Å². The van der Waals surface area contributed by atoms with Crippen LogP contribution in [-0.2, 0) is 14.8 Å². The average molecular weight is 314 g/mol. The van der Waals surface area contributed by atoms with Gasteiger partial charge in [-0.15, -0.1) is 0 Å². The van der Waals surface area contributed by atoms with Gasteiger partial charge in [0, 0.05) is 18.8 Å². The maximum Gasteiger partial charge on any atom is 0.354 e. The average Bonchev–Trinajstić information content (AvgIpc) is 2.99. The van der Waals surface area contributed by atoms with Crippen LogP contribution in [-0.4, -0.2) is 43.2 Å². The number of carboxylic acids is 1. The summed E-state index contributed by atoms with van der Waals surface area (Å²) in [5, 5.41) is 8.76. The van der Waals surface area contributed by atoms with Crippen molar-refractivity contribution in [1.29, 1.82) is 0 Å². The largest absolute Gasteiger partial charge is 0.477 e. The summed E-state index contributed by atoms with van der Waals surface area (Å²) in [5.74, 6) is -1.20. The molecule has 2 heterocycles. The van der Waals surface area contributed by atoms with Crippen LogP contribution >= 0.6 is 0 Å². The SMILES string of the molecule is CCC(NS(=O)(=O)c1ccc(C(=O)O)nc1)C1CCCO1. The van der Waals surface area contributed by atoms with Crippen molar-refractivity contribution in [3.63, 3.8) is 0 Å². The first kappa shape index (κ1) is 15.9. The Labute approximate surface area is 123 Å². The van der Waals surface area contributed by atoms with Crippen LogP contribution in [0.4, 0.5) is 0 Å². The zero-order valence-electron chi connectivity index (χ0n) is 11.7. The molecule has 1 fully saturated rings. The molecule has 1 aliphatic rings. The van der Waals surface area contributed by atoms with Gasteiger partial charge in [-0.1, -0.05) is 6.92 Å². The Bertz CT molecular complexity index is 593. The number of pyridine rings is 1. The molecule has 116 valence electrons. The number of aromatic carboxylic acids is 1. The Balaban J connectivity index is 2.14. The number of hydrogen-bond donors (Lipinski definition) is 2. The number of nitrogens with zero attached hydrogens (tertiary/aromatic N) is 1. The van der Waals surface area contributed by atoms with Gasteiger partial charge in [0.05, 0.1) is 6.10 Å². The highest BCUT2D eigenvalue weighted by Crippen LogP contribution is 2.19. The maximum atomic E-state index is 12.3. The molecule has 2 rings (SSSR count). The Hall–Kier alpha value is -1.51. The Morgan fingerprint density at radius 3 is 2.81 bits per heavy atom. The number of carbonyl (C=O) groups is 1. The minimum absolute atomic E-state index is 0.0519. The summed E-state index contributed by atoms with van der Waals surface area (Å²) in [6.07, 6.45) is 3.31. The molecule has 2 N–H and O–H groups in total. The van der Waals surface area contributed by atoms with Gasteiger partial charge in [-0.05, 0) is 31.4 Å². The maximum absolute atomic E-state index is 12.3. The van der Waals surface area contributed by atoms with Crippen LogP contribution in [0.3, 0.4) is 0 Å². The van der Waals surface area contributed by atoms with Gasteiger partial charge in [-0.25, -0.2) is 22.9 Å². The van der Waals surface area contributed by atoms with Crippen molar-refractivity contribution < 1.29 is 23.1 Å². The summed E-state index contributed by atoms with van der Waals surface area (Å²) in [7, 11) is -3.74. The molecule has 0 radical (unpaired) electrons. The molecule has 1 saturated heterocycles. The lowest BCUT2D eigenvalue weighted by Crippen LogP contribution is -2.42. The first-order valence-electron chi connectivity index (χ1n) is 6.77. The fourth-order valence-corrected chi connectivity index (χ4v) is 3.57. The molecule has 2 unspecified atom stereocenters. The Kier molecular flexibility index (Phi) is 4.92. The van der Waals surface area contributed by atoms with Gasteiger partial charge < -0.3 is 9.84 Å². The Morgan fingerprint density at radius 1 is 1.57 bits per heavy atom. The van der Waals surface area contributed by atoms with Gasteiger partial charge in [0.15, 0.2) is 0 Å². The summed E-state index contributed by atoms with van der Waals surface area (Å²) in [5.41, 5.74) is -0.194. The van der Waals surface area contributed by atoms with E-state index in [0.717, 1.165) is 19.0 Å². The summed E-state index contributed by atoms with van der Waals surface area (Å²) in [6.45, 7) is 2.54. The first-order valence-corrected chi connectivity index (χ1v) is 8.25. The van der Waals surface area contributed by atoms with Crippen LogP contribution in [0.5, 0.6) is 0 Å². The fraction of sp³-hybridized carbons (Fsp3) is 0.538. The third kappa shape index (κ3) is 3.78. The van der Waals surface area contributed by atoms with E-state index in [1.165, 1.54) is 12.1 Å². The summed E-state index contributed by atoms with van der Waals surface area (Å²) >= 11 is 0. The van der Waals surface area contributed by atoms with Crippen LogP contribution < -0.4 is 4.72 Å². The van der Waals surface area contributed by atoms with Gasteiger partial charge in [0.2, 0.25) is 10.0 Å². The smallest absolute Gasteiger partial charge is 0.354 e. The zero-order chi connectivity index (χ0) is 15.5. The lowest BCUT2D eigenvalue weighted by Gasteiger charge is -2.22. The van der Waals surface area contributed by atoms with Crippen molar-refractivity contribution in [3.8, 4) is 0 Å². The molecule has 21 heavy (non-hydrogen) atoms. The lowest BCUT2D eigenvalue weighted by atomic mass is 10.1. The molecule has 1 aliphatic heterocycles. The van der Waals surface area contributed by atoms with Gasteiger partial charge in [-0.2, -0.15) is 0 Å². The van der Waals surface area contributed by atoms with Crippen molar-refractivity contribution in [2.24, 2.45) is 0 Å². The van der Waals surface area contributed by atoms with E-state index in [4.69, 9.17) is 9.84 Å². The standard InChI is InChI=1S/C13H18N2O5S/c1-2-10(12-4-3-7-20-12)15-21(18,19)9-5-6-11(13(16)17)14-8-9/h5-6,8,10,12,15H,2-4,7H2,1H3,(H,16,17). The van der Waals surface area contributed by atoms with E-state index in [0.29, 0.717) is 13.0 Å². The highest BCUT2D eigenvalue weighted by atomic mass is 32.2. The zero-order valence-corrected chi connectivity index (χ0v) is 12.5. The normalized spacial score (nSPS) is 20.3. The van der Waals surface area contributed by atoms with E-state index >= 15 is 0 Å². The topological polar surface area (TPSA) is 106 Å². The molecule has 8 heteroatoms.